The minimum atomic E-state index is -4.98. The Morgan fingerprint density at radius 2 is 1.58 bits per heavy atom. The lowest BCUT2D eigenvalue weighted by atomic mass is 10.1. The summed E-state index contributed by atoms with van der Waals surface area (Å²) < 4.78 is 79.9. The molecule has 0 amide bonds. The number of nitrogens with zero attached hydrogens (tertiary/aromatic N) is 6. The maximum atomic E-state index is 13.4. The van der Waals surface area contributed by atoms with Gasteiger partial charge in [0.05, 0.1) is 11.3 Å². The zero-order valence-corrected chi connectivity index (χ0v) is 12.8. The van der Waals surface area contributed by atoms with E-state index in [4.69, 9.17) is 5.73 Å². The third-order valence-electron chi connectivity index (χ3n) is 3.36. The number of alkyl halides is 6. The van der Waals surface area contributed by atoms with Gasteiger partial charge in [0.25, 0.3) is 5.95 Å². The quantitative estimate of drug-likeness (QED) is 0.694. The Morgan fingerprint density at radius 3 is 2.08 bits per heavy atom. The molecule has 13 heteroatoms. The van der Waals surface area contributed by atoms with Crippen molar-refractivity contribution in [3.63, 3.8) is 0 Å². The van der Waals surface area contributed by atoms with Crippen LogP contribution < -0.4 is 5.73 Å². The van der Waals surface area contributed by atoms with Crippen LogP contribution in [0.5, 0.6) is 0 Å². The van der Waals surface area contributed by atoms with E-state index < -0.39 is 40.8 Å². The molecule has 3 heterocycles. The molecule has 0 unspecified atom stereocenters. The predicted molar refractivity (Wildman–Crippen MR) is 75.8 cm³/mol. The van der Waals surface area contributed by atoms with Crippen LogP contribution in [0.1, 0.15) is 11.4 Å². The van der Waals surface area contributed by atoms with Crippen molar-refractivity contribution in [1.82, 2.24) is 29.5 Å². The van der Waals surface area contributed by atoms with E-state index in [0.29, 0.717) is 15.4 Å². The molecule has 0 saturated carbocycles. The molecule has 2 N–H and O–H groups in total. The van der Waals surface area contributed by atoms with Crippen LogP contribution in [0.15, 0.2) is 24.5 Å². The summed E-state index contributed by atoms with van der Waals surface area (Å²) in [5.41, 5.74) is 1.69. The normalized spacial score (nSPS) is 12.6. The molecule has 26 heavy (non-hydrogen) atoms. The number of hydrogen-bond acceptors (Lipinski definition) is 5. The molecule has 0 saturated heterocycles. The van der Waals surface area contributed by atoms with Gasteiger partial charge in [0.2, 0.25) is 0 Å². The molecule has 0 atom stereocenters. The van der Waals surface area contributed by atoms with Crippen LogP contribution >= 0.6 is 0 Å². The number of halogens is 6. The predicted octanol–water partition coefficient (Wildman–Crippen LogP) is 2.68. The van der Waals surface area contributed by atoms with Gasteiger partial charge in [0.15, 0.2) is 11.4 Å². The molecule has 7 nitrogen and oxygen atoms in total. The van der Waals surface area contributed by atoms with E-state index in [0.717, 1.165) is 7.05 Å². The molecule has 0 aliphatic carbocycles. The van der Waals surface area contributed by atoms with Crippen molar-refractivity contribution in [3.8, 4) is 17.2 Å². The van der Waals surface area contributed by atoms with Crippen LogP contribution in [0.4, 0.5) is 32.2 Å². The van der Waals surface area contributed by atoms with E-state index in [9.17, 15) is 26.3 Å². The SMILES string of the molecule is Cn1nc(C(F)(F)F)cc1-c1c(C(F)(F)F)nn(-c2ncccn2)c1N. The summed E-state index contributed by atoms with van der Waals surface area (Å²) in [6.45, 7) is 0. The molecular formula is C13H9F6N7. The second-order valence-corrected chi connectivity index (χ2v) is 5.10. The van der Waals surface area contributed by atoms with Gasteiger partial charge in [-0.2, -0.15) is 41.2 Å². The number of anilines is 1. The van der Waals surface area contributed by atoms with E-state index >= 15 is 0 Å². The Morgan fingerprint density at radius 1 is 0.962 bits per heavy atom. The van der Waals surface area contributed by atoms with Crippen molar-refractivity contribution in [1.29, 1.82) is 0 Å². The summed E-state index contributed by atoms with van der Waals surface area (Å²) in [6, 6.07) is 1.89. The second-order valence-electron chi connectivity index (χ2n) is 5.10. The molecule has 0 aliphatic heterocycles. The molecule has 0 aromatic carbocycles. The highest BCUT2D eigenvalue weighted by molar-refractivity contribution is 5.76. The van der Waals surface area contributed by atoms with Crippen molar-refractivity contribution in [2.75, 3.05) is 5.73 Å². The van der Waals surface area contributed by atoms with Gasteiger partial charge in [-0.15, -0.1) is 0 Å². The number of nitrogens with two attached hydrogens (primary N) is 1. The van der Waals surface area contributed by atoms with Crippen molar-refractivity contribution in [2.24, 2.45) is 7.05 Å². The van der Waals surface area contributed by atoms with E-state index in [1.165, 1.54) is 18.5 Å². The van der Waals surface area contributed by atoms with Gasteiger partial charge in [-0.1, -0.05) is 0 Å². The van der Waals surface area contributed by atoms with Crippen LogP contribution in [0.25, 0.3) is 17.2 Å². The summed E-state index contributed by atoms with van der Waals surface area (Å²) in [4.78, 5) is 7.49. The van der Waals surface area contributed by atoms with Gasteiger partial charge in [-0.25, -0.2) is 9.97 Å². The van der Waals surface area contributed by atoms with Gasteiger partial charge in [0, 0.05) is 19.4 Å². The molecular weight excluding hydrogens is 368 g/mol. The number of rotatable bonds is 2. The van der Waals surface area contributed by atoms with E-state index in [1.807, 2.05) is 0 Å². The minimum absolute atomic E-state index is 0.264. The first kappa shape index (κ1) is 17.7. The van der Waals surface area contributed by atoms with Gasteiger partial charge in [-0.3, -0.25) is 4.68 Å². The van der Waals surface area contributed by atoms with E-state index in [1.54, 1.807) is 0 Å². The summed E-state index contributed by atoms with van der Waals surface area (Å²) in [7, 11) is 1.07. The first-order valence-corrected chi connectivity index (χ1v) is 6.85. The third-order valence-corrected chi connectivity index (χ3v) is 3.36. The standard InChI is InChI=1S/C13H9F6N7/c1-25-6(5-7(23-25)12(14,15)16)8-9(13(17,18)19)24-26(10(8)20)11-21-3-2-4-22-11/h2-5H,20H2,1H3. The summed E-state index contributed by atoms with van der Waals surface area (Å²) >= 11 is 0. The van der Waals surface area contributed by atoms with Crippen molar-refractivity contribution in [2.45, 2.75) is 12.4 Å². The lowest BCUT2D eigenvalue weighted by molar-refractivity contribution is -0.141. The molecule has 0 spiro atoms. The fourth-order valence-electron chi connectivity index (χ4n) is 2.27. The Kier molecular flexibility index (Phi) is 3.88. The van der Waals surface area contributed by atoms with Crippen LogP contribution in [-0.2, 0) is 19.4 Å². The average molecular weight is 377 g/mol. The van der Waals surface area contributed by atoms with Gasteiger partial charge in [0.1, 0.15) is 5.82 Å². The van der Waals surface area contributed by atoms with Crippen LogP contribution in [0.2, 0.25) is 0 Å². The molecule has 0 bridgehead atoms. The molecule has 0 fully saturated rings. The highest BCUT2D eigenvalue weighted by Gasteiger charge is 2.42. The number of nitrogen functional groups attached to an aromatic ring is 1. The van der Waals surface area contributed by atoms with Crippen molar-refractivity contribution in [3.05, 3.63) is 35.9 Å². The maximum absolute atomic E-state index is 13.4. The zero-order chi connectivity index (χ0) is 19.3. The first-order valence-electron chi connectivity index (χ1n) is 6.85. The van der Waals surface area contributed by atoms with Gasteiger partial charge in [-0.05, 0) is 12.1 Å². The lowest BCUT2D eigenvalue weighted by Crippen LogP contribution is -2.10. The van der Waals surface area contributed by atoms with Crippen LogP contribution in [0.3, 0.4) is 0 Å². The Labute approximate surface area is 141 Å². The van der Waals surface area contributed by atoms with Crippen LogP contribution in [0, 0.1) is 0 Å². The van der Waals surface area contributed by atoms with Crippen LogP contribution in [-0.4, -0.2) is 29.5 Å². The van der Waals surface area contributed by atoms with Crippen molar-refractivity contribution < 1.29 is 26.3 Å². The average Bonchev–Trinajstić information content (AvgIpc) is 3.08. The highest BCUT2D eigenvalue weighted by Crippen LogP contribution is 2.41. The Balaban J connectivity index is 2.28. The number of aryl methyl sites for hydroxylation is 1. The third kappa shape index (κ3) is 2.95. The second kappa shape index (κ2) is 5.71. The fourth-order valence-corrected chi connectivity index (χ4v) is 2.27. The van der Waals surface area contributed by atoms with Gasteiger partial charge >= 0.3 is 12.4 Å². The highest BCUT2D eigenvalue weighted by atomic mass is 19.4. The maximum Gasteiger partial charge on any atom is 0.435 e. The largest absolute Gasteiger partial charge is 0.435 e. The van der Waals surface area contributed by atoms with Gasteiger partial charge < -0.3 is 5.73 Å². The smallest absolute Gasteiger partial charge is 0.383 e. The minimum Gasteiger partial charge on any atom is -0.383 e. The molecule has 3 rings (SSSR count). The topological polar surface area (TPSA) is 87.4 Å². The van der Waals surface area contributed by atoms with E-state index in [2.05, 4.69) is 20.2 Å². The molecule has 0 radical (unpaired) electrons. The number of hydrogen-bond donors (Lipinski definition) is 1. The molecule has 3 aromatic rings. The summed E-state index contributed by atoms with van der Waals surface area (Å²) in [5.74, 6) is -0.833. The first-order chi connectivity index (χ1) is 12.0. The zero-order valence-electron chi connectivity index (χ0n) is 12.8. The van der Waals surface area contributed by atoms with Crippen molar-refractivity contribution >= 4 is 5.82 Å². The summed E-state index contributed by atoms with van der Waals surface area (Å²) in [6.07, 6.45) is -7.31. The Bertz CT molecular complexity index is 939. The monoisotopic (exact) mass is 377 g/mol. The molecule has 0 aliphatic rings. The summed E-state index contributed by atoms with van der Waals surface area (Å²) in [5, 5.41) is 6.56. The molecule has 138 valence electrons. The Hall–Kier alpha value is -3.12. The lowest BCUT2D eigenvalue weighted by Gasteiger charge is -2.06. The van der Waals surface area contributed by atoms with E-state index in [-0.39, 0.29) is 5.95 Å². The molecule has 3 aromatic heterocycles. The number of aromatic nitrogens is 6. The fraction of sp³-hybridized carbons (Fsp3) is 0.231.